The molecule has 92 valence electrons. The van der Waals surface area contributed by atoms with E-state index < -0.39 is 5.97 Å². The molecule has 4 nitrogen and oxygen atoms in total. The molecule has 4 heteroatoms. The Kier molecular flexibility index (Phi) is 3.28. The minimum Gasteiger partial charge on any atom is -0.478 e. The Balaban J connectivity index is 2.57. The first-order valence-corrected chi connectivity index (χ1v) is 5.61. The van der Waals surface area contributed by atoms with Crippen molar-refractivity contribution in [3.05, 3.63) is 57.9 Å². The SMILES string of the molecule is C/C=C(\Cc1cc(=O)[nH]c2ccccc12)C(=O)O. The van der Waals surface area contributed by atoms with E-state index in [1.807, 2.05) is 18.2 Å². The van der Waals surface area contributed by atoms with Crippen molar-refractivity contribution in [2.75, 3.05) is 0 Å². The molecule has 0 bridgehead atoms. The van der Waals surface area contributed by atoms with E-state index in [1.54, 1.807) is 19.1 Å². The predicted octanol–water partition coefficient (Wildman–Crippen LogP) is 2.10. The molecule has 0 spiro atoms. The minimum absolute atomic E-state index is 0.218. The number of pyridine rings is 1. The second-order valence-electron chi connectivity index (χ2n) is 4.00. The summed E-state index contributed by atoms with van der Waals surface area (Å²) in [6.45, 7) is 1.68. The Morgan fingerprint density at radius 2 is 2.11 bits per heavy atom. The Morgan fingerprint density at radius 3 is 2.78 bits per heavy atom. The van der Waals surface area contributed by atoms with Crippen LogP contribution in [0.1, 0.15) is 12.5 Å². The smallest absolute Gasteiger partial charge is 0.331 e. The number of para-hydroxylation sites is 1. The van der Waals surface area contributed by atoms with Crippen molar-refractivity contribution in [1.82, 2.24) is 4.98 Å². The Bertz CT molecular complexity index is 683. The van der Waals surface area contributed by atoms with Gasteiger partial charge in [-0.25, -0.2) is 4.79 Å². The lowest BCUT2D eigenvalue weighted by atomic mass is 10.0. The van der Waals surface area contributed by atoms with Gasteiger partial charge in [-0.05, 0) is 18.6 Å². The van der Waals surface area contributed by atoms with Gasteiger partial charge >= 0.3 is 5.97 Å². The van der Waals surface area contributed by atoms with E-state index in [9.17, 15) is 9.59 Å². The van der Waals surface area contributed by atoms with Crippen LogP contribution in [-0.4, -0.2) is 16.1 Å². The highest BCUT2D eigenvalue weighted by Crippen LogP contribution is 2.17. The summed E-state index contributed by atoms with van der Waals surface area (Å²) >= 11 is 0. The third-order valence-electron chi connectivity index (χ3n) is 2.84. The van der Waals surface area contributed by atoms with Gasteiger partial charge in [0.15, 0.2) is 0 Å². The third-order valence-corrected chi connectivity index (χ3v) is 2.84. The number of nitrogens with one attached hydrogen (secondary N) is 1. The molecule has 0 aliphatic heterocycles. The molecule has 0 atom stereocenters. The van der Waals surface area contributed by atoms with Crippen LogP contribution in [0, 0.1) is 0 Å². The van der Waals surface area contributed by atoms with Crippen LogP contribution in [0.25, 0.3) is 10.9 Å². The van der Waals surface area contributed by atoms with Crippen molar-refractivity contribution in [2.45, 2.75) is 13.3 Å². The van der Waals surface area contributed by atoms with Crippen molar-refractivity contribution >= 4 is 16.9 Å². The van der Waals surface area contributed by atoms with E-state index in [4.69, 9.17) is 5.11 Å². The number of allylic oxidation sites excluding steroid dienone is 1. The van der Waals surface area contributed by atoms with Crippen LogP contribution in [0.2, 0.25) is 0 Å². The van der Waals surface area contributed by atoms with Gasteiger partial charge in [0, 0.05) is 29.0 Å². The molecule has 0 unspecified atom stereocenters. The van der Waals surface area contributed by atoms with Crippen LogP contribution < -0.4 is 5.56 Å². The van der Waals surface area contributed by atoms with Crippen molar-refractivity contribution in [2.24, 2.45) is 0 Å². The lowest BCUT2D eigenvalue weighted by molar-refractivity contribution is -0.132. The normalized spacial score (nSPS) is 11.7. The number of carbonyl (C=O) groups is 1. The van der Waals surface area contributed by atoms with Crippen LogP contribution in [0.3, 0.4) is 0 Å². The molecule has 0 amide bonds. The monoisotopic (exact) mass is 243 g/mol. The highest BCUT2D eigenvalue weighted by molar-refractivity contribution is 5.89. The van der Waals surface area contributed by atoms with Gasteiger partial charge in [-0.15, -0.1) is 0 Å². The van der Waals surface area contributed by atoms with Crippen LogP contribution >= 0.6 is 0 Å². The maximum atomic E-state index is 11.5. The van der Waals surface area contributed by atoms with Crippen LogP contribution in [0.4, 0.5) is 0 Å². The number of benzene rings is 1. The van der Waals surface area contributed by atoms with Gasteiger partial charge in [0.1, 0.15) is 0 Å². The molecule has 1 aromatic heterocycles. The Morgan fingerprint density at radius 1 is 1.39 bits per heavy atom. The van der Waals surface area contributed by atoms with E-state index in [-0.39, 0.29) is 17.6 Å². The van der Waals surface area contributed by atoms with Crippen LogP contribution in [0.15, 0.2) is 46.8 Å². The molecule has 2 aromatic rings. The van der Waals surface area contributed by atoms with Gasteiger partial charge in [-0.2, -0.15) is 0 Å². The number of fused-ring (bicyclic) bond motifs is 1. The van der Waals surface area contributed by atoms with E-state index in [1.165, 1.54) is 6.07 Å². The molecule has 2 rings (SSSR count). The molecule has 0 fully saturated rings. The minimum atomic E-state index is -0.957. The fraction of sp³-hybridized carbons (Fsp3) is 0.143. The first-order valence-electron chi connectivity index (χ1n) is 5.61. The number of aliphatic carboxylic acids is 1. The van der Waals surface area contributed by atoms with Crippen molar-refractivity contribution in [3.63, 3.8) is 0 Å². The van der Waals surface area contributed by atoms with Crippen molar-refractivity contribution in [1.29, 1.82) is 0 Å². The largest absolute Gasteiger partial charge is 0.478 e. The summed E-state index contributed by atoms with van der Waals surface area (Å²) < 4.78 is 0. The van der Waals surface area contributed by atoms with Gasteiger partial charge in [0.05, 0.1) is 0 Å². The zero-order valence-electron chi connectivity index (χ0n) is 9.93. The molecular weight excluding hydrogens is 230 g/mol. The number of rotatable bonds is 3. The number of aromatic nitrogens is 1. The van der Waals surface area contributed by atoms with E-state index in [0.29, 0.717) is 0 Å². The van der Waals surface area contributed by atoms with Crippen molar-refractivity contribution < 1.29 is 9.90 Å². The standard InChI is InChI=1S/C14H13NO3/c1-2-9(14(17)18)7-10-8-13(16)15-12-6-4-3-5-11(10)12/h2-6,8H,7H2,1H3,(H,15,16)(H,17,18)/b9-2+. The lowest BCUT2D eigenvalue weighted by Gasteiger charge is -2.06. The van der Waals surface area contributed by atoms with Gasteiger partial charge in [-0.1, -0.05) is 24.3 Å². The first kappa shape index (κ1) is 12.1. The number of H-pyrrole nitrogens is 1. The van der Waals surface area contributed by atoms with Gasteiger partial charge in [0.25, 0.3) is 0 Å². The molecule has 0 aliphatic rings. The molecule has 1 heterocycles. The predicted molar refractivity (Wildman–Crippen MR) is 69.7 cm³/mol. The third kappa shape index (κ3) is 2.32. The second kappa shape index (κ2) is 4.87. The zero-order chi connectivity index (χ0) is 13.1. The molecule has 0 saturated carbocycles. The fourth-order valence-electron chi connectivity index (χ4n) is 1.93. The molecule has 18 heavy (non-hydrogen) atoms. The maximum absolute atomic E-state index is 11.5. The average molecular weight is 243 g/mol. The quantitative estimate of drug-likeness (QED) is 0.811. The molecule has 0 radical (unpaired) electrons. The number of carboxylic acids is 1. The summed E-state index contributed by atoms with van der Waals surface area (Å²) in [6, 6.07) is 8.82. The highest BCUT2D eigenvalue weighted by Gasteiger charge is 2.10. The molecular formula is C14H13NO3. The number of aromatic amines is 1. The molecule has 0 saturated heterocycles. The van der Waals surface area contributed by atoms with Crippen molar-refractivity contribution in [3.8, 4) is 0 Å². The summed E-state index contributed by atoms with van der Waals surface area (Å²) in [5.74, 6) is -0.957. The summed E-state index contributed by atoms with van der Waals surface area (Å²) in [6.07, 6.45) is 1.80. The second-order valence-corrected chi connectivity index (χ2v) is 4.00. The fourth-order valence-corrected chi connectivity index (χ4v) is 1.93. The Labute approximate surface area is 104 Å². The summed E-state index contributed by atoms with van der Waals surface area (Å²) in [5, 5.41) is 9.89. The van der Waals surface area contributed by atoms with E-state index >= 15 is 0 Å². The number of hydrogen-bond acceptors (Lipinski definition) is 2. The van der Waals surface area contributed by atoms with Gasteiger partial charge in [-0.3, -0.25) is 4.79 Å². The van der Waals surface area contributed by atoms with Crippen LogP contribution in [-0.2, 0) is 11.2 Å². The van der Waals surface area contributed by atoms with E-state index in [2.05, 4.69) is 4.98 Å². The highest BCUT2D eigenvalue weighted by atomic mass is 16.4. The Hall–Kier alpha value is -2.36. The maximum Gasteiger partial charge on any atom is 0.331 e. The average Bonchev–Trinajstić information content (AvgIpc) is 2.35. The number of carboxylic acid groups (broad SMARTS) is 1. The van der Waals surface area contributed by atoms with Gasteiger partial charge < -0.3 is 10.1 Å². The molecule has 2 N–H and O–H groups in total. The summed E-state index contributed by atoms with van der Waals surface area (Å²) in [7, 11) is 0. The zero-order valence-corrected chi connectivity index (χ0v) is 9.93. The topological polar surface area (TPSA) is 70.2 Å². The molecule has 1 aromatic carbocycles. The van der Waals surface area contributed by atoms with Crippen LogP contribution in [0.5, 0.6) is 0 Å². The first-order chi connectivity index (χ1) is 8.61. The lowest BCUT2D eigenvalue weighted by Crippen LogP contribution is -2.09. The number of hydrogen-bond donors (Lipinski definition) is 2. The van der Waals surface area contributed by atoms with Gasteiger partial charge in [0.2, 0.25) is 5.56 Å². The summed E-state index contributed by atoms with van der Waals surface area (Å²) in [4.78, 5) is 25.3. The van der Waals surface area contributed by atoms with E-state index in [0.717, 1.165) is 16.5 Å². The summed E-state index contributed by atoms with van der Waals surface area (Å²) in [5.41, 5.74) is 1.51. The molecule has 0 aliphatic carbocycles.